The van der Waals surface area contributed by atoms with Crippen LogP contribution in [0, 0.1) is 6.04 Å². The van der Waals surface area contributed by atoms with Gasteiger partial charge in [-0.25, -0.2) is 6.04 Å². The first-order valence-corrected chi connectivity index (χ1v) is 9.22. The molecule has 3 aromatic rings. The van der Waals surface area contributed by atoms with Crippen molar-refractivity contribution in [2.24, 2.45) is 0 Å². The van der Waals surface area contributed by atoms with E-state index < -0.39 is 0 Å². The minimum absolute atomic E-state index is 0. The summed E-state index contributed by atoms with van der Waals surface area (Å²) < 4.78 is 0. The molecule has 0 spiro atoms. The fourth-order valence-electron chi connectivity index (χ4n) is 3.65. The van der Waals surface area contributed by atoms with Crippen LogP contribution in [0.2, 0.25) is 0 Å². The van der Waals surface area contributed by atoms with Gasteiger partial charge in [-0.2, -0.15) is 6.42 Å². The van der Waals surface area contributed by atoms with E-state index in [1.54, 1.807) is 6.04 Å². The molecule has 1 heterocycles. The second kappa shape index (κ2) is 9.13. The van der Waals surface area contributed by atoms with Gasteiger partial charge in [-0.3, -0.25) is 0 Å². The molecule has 0 radical (unpaired) electrons. The monoisotopic (exact) mass is 333 g/mol. The zero-order valence-corrected chi connectivity index (χ0v) is 15.5. The molecule has 0 N–H and O–H groups in total. The van der Waals surface area contributed by atoms with Crippen LogP contribution in [0.5, 0.6) is 0 Å². The van der Waals surface area contributed by atoms with Crippen molar-refractivity contribution in [2.45, 2.75) is 31.7 Å². The largest absolute Gasteiger partial charge is 1.00 e. The van der Waals surface area contributed by atoms with E-state index in [9.17, 15) is 0 Å². The number of aryl methyl sites for hydroxylation is 1. The summed E-state index contributed by atoms with van der Waals surface area (Å²) in [4.78, 5) is 2.50. The maximum atomic E-state index is 2.50. The quantitative estimate of drug-likeness (QED) is 0.278. The summed E-state index contributed by atoms with van der Waals surface area (Å²) in [6.07, 6.45) is 4.85. The zero-order chi connectivity index (χ0) is 16.9. The first-order valence-electron chi connectivity index (χ1n) is 9.22. The summed E-state index contributed by atoms with van der Waals surface area (Å²) in [6.45, 7) is 0. The van der Waals surface area contributed by atoms with Crippen molar-refractivity contribution in [2.75, 3.05) is 4.90 Å². The van der Waals surface area contributed by atoms with Crippen molar-refractivity contribution in [1.29, 1.82) is 0 Å². The molecule has 26 heavy (non-hydrogen) atoms. The Hall–Kier alpha value is -1.94. The van der Waals surface area contributed by atoms with Crippen molar-refractivity contribution in [3.05, 3.63) is 108 Å². The van der Waals surface area contributed by atoms with Crippen LogP contribution in [0.25, 0.3) is 0 Å². The van der Waals surface area contributed by atoms with Gasteiger partial charge in [0.1, 0.15) is 0 Å². The van der Waals surface area contributed by atoms with Gasteiger partial charge in [-0.05, 0) is 24.1 Å². The van der Waals surface area contributed by atoms with Crippen molar-refractivity contribution >= 4 is 5.69 Å². The first-order chi connectivity index (χ1) is 12.4. The third kappa shape index (κ3) is 4.42. The number of unbranched alkanes of at least 4 members (excludes halogenated alkanes) is 1. The van der Waals surface area contributed by atoms with Crippen LogP contribution in [-0.4, -0.2) is 0 Å². The van der Waals surface area contributed by atoms with Gasteiger partial charge in [-0.15, -0.1) is 0 Å². The van der Waals surface area contributed by atoms with Gasteiger partial charge in [0.2, 0.25) is 0 Å². The van der Waals surface area contributed by atoms with E-state index in [1.165, 1.54) is 42.5 Å². The summed E-state index contributed by atoms with van der Waals surface area (Å²) in [5, 5.41) is 0. The number of rotatable bonds is 7. The van der Waals surface area contributed by atoms with Crippen LogP contribution in [0.4, 0.5) is 5.69 Å². The van der Waals surface area contributed by atoms with Gasteiger partial charge >= 0.3 is 18.9 Å². The summed E-state index contributed by atoms with van der Waals surface area (Å²) in [5.74, 6) is 0. The molecule has 3 aromatic carbocycles. The molecule has 2 heteroatoms. The van der Waals surface area contributed by atoms with Crippen LogP contribution in [0.3, 0.4) is 0 Å². The Morgan fingerprint density at radius 2 is 1.27 bits per heavy atom. The molecule has 4 rings (SSSR count). The Morgan fingerprint density at radius 1 is 0.692 bits per heavy atom. The summed E-state index contributed by atoms with van der Waals surface area (Å²) >= 11 is 0. The van der Waals surface area contributed by atoms with Crippen LogP contribution < -0.4 is 23.8 Å². The van der Waals surface area contributed by atoms with Gasteiger partial charge in [0.25, 0.3) is 0 Å². The van der Waals surface area contributed by atoms with Crippen LogP contribution >= 0.6 is 0 Å². The average Bonchev–Trinajstić information content (AvgIpc) is 3.42. The molecular formula is C24H24LiN. The Labute approximate surface area is 169 Å². The van der Waals surface area contributed by atoms with Gasteiger partial charge < -0.3 is 4.90 Å². The molecular weight excluding hydrogens is 309 g/mol. The Morgan fingerprint density at radius 3 is 1.92 bits per heavy atom. The predicted molar refractivity (Wildman–Crippen MR) is 105 cm³/mol. The maximum Gasteiger partial charge on any atom is 1.00 e. The topological polar surface area (TPSA) is 3.01 Å². The molecule has 0 saturated carbocycles. The molecule has 1 aliphatic heterocycles. The predicted octanol–water partition coefficient (Wildman–Crippen LogP) is 3.20. The molecule has 126 valence electrons. The average molecular weight is 333 g/mol. The maximum absolute atomic E-state index is 2.50. The SMILES string of the molecule is [Li+].c1ccc(CCCC[C-]2[C@@H](c3ccccc3)N2c2ccccc2)cc1. The standard InChI is InChI=1S/C24H24N.Li/c1-4-12-20(13-5-1)14-10-11-19-23-24(21-15-6-2-7-16-21)25(23)22-17-8-3-9-18-22;/h1-9,12-13,15-18,24H,10-11,14,19H2;/q-1;+1/t24-,25?;/m1./s1. The third-order valence-electron chi connectivity index (χ3n) is 4.96. The summed E-state index contributed by atoms with van der Waals surface area (Å²) in [6, 6.07) is 34.5. The molecule has 1 fully saturated rings. The van der Waals surface area contributed by atoms with E-state index >= 15 is 0 Å². The Kier molecular flexibility index (Phi) is 6.61. The fourth-order valence-corrected chi connectivity index (χ4v) is 3.65. The van der Waals surface area contributed by atoms with Gasteiger partial charge in [0.15, 0.2) is 0 Å². The van der Waals surface area contributed by atoms with Crippen LogP contribution in [0.1, 0.15) is 36.4 Å². The molecule has 0 aliphatic carbocycles. The minimum Gasteiger partial charge on any atom is -0.534 e. The molecule has 1 atom stereocenters. The number of nitrogens with zero attached hydrogens (tertiary/aromatic N) is 1. The van der Waals surface area contributed by atoms with Gasteiger partial charge in [0, 0.05) is 5.69 Å². The molecule has 1 saturated heterocycles. The first kappa shape index (κ1) is 18.8. The van der Waals surface area contributed by atoms with Gasteiger partial charge in [0.05, 0.1) is 0 Å². The summed E-state index contributed by atoms with van der Waals surface area (Å²) in [7, 11) is 0. The Bertz CT molecular complexity index is 728. The van der Waals surface area contributed by atoms with E-state index in [0.717, 1.165) is 0 Å². The second-order valence-corrected chi connectivity index (χ2v) is 6.70. The van der Waals surface area contributed by atoms with Crippen molar-refractivity contribution < 1.29 is 18.9 Å². The number of benzene rings is 3. The Balaban J connectivity index is 0.00000196. The zero-order valence-electron chi connectivity index (χ0n) is 15.5. The number of para-hydroxylation sites is 1. The fraction of sp³-hybridized carbons (Fsp3) is 0.208. The molecule has 0 amide bonds. The molecule has 1 aliphatic rings. The summed E-state index contributed by atoms with van der Waals surface area (Å²) in [5.41, 5.74) is 4.17. The molecule has 1 nitrogen and oxygen atoms in total. The smallest absolute Gasteiger partial charge is 0.534 e. The normalized spacial score (nSPS) is 16.2. The molecule has 0 unspecified atom stereocenters. The van der Waals surface area contributed by atoms with E-state index in [0.29, 0.717) is 6.04 Å². The van der Waals surface area contributed by atoms with Crippen molar-refractivity contribution in [3.8, 4) is 0 Å². The molecule has 0 bridgehead atoms. The van der Waals surface area contributed by atoms with E-state index in [1.807, 2.05) is 0 Å². The third-order valence-corrected chi connectivity index (χ3v) is 4.96. The van der Waals surface area contributed by atoms with Crippen LogP contribution in [-0.2, 0) is 6.42 Å². The second-order valence-electron chi connectivity index (χ2n) is 6.70. The molecule has 0 aromatic heterocycles. The van der Waals surface area contributed by atoms with Crippen LogP contribution in [0.15, 0.2) is 91.0 Å². The van der Waals surface area contributed by atoms with Crippen molar-refractivity contribution in [1.82, 2.24) is 0 Å². The number of hydrogen-bond donors (Lipinski definition) is 0. The number of hydrogen-bond acceptors (Lipinski definition) is 1. The minimum atomic E-state index is 0. The van der Waals surface area contributed by atoms with E-state index in [-0.39, 0.29) is 18.9 Å². The number of anilines is 1. The van der Waals surface area contributed by atoms with Gasteiger partial charge in [-0.1, -0.05) is 103 Å². The van der Waals surface area contributed by atoms with E-state index in [4.69, 9.17) is 0 Å². The van der Waals surface area contributed by atoms with E-state index in [2.05, 4.69) is 95.9 Å². The van der Waals surface area contributed by atoms with Crippen molar-refractivity contribution in [3.63, 3.8) is 0 Å².